The summed E-state index contributed by atoms with van der Waals surface area (Å²) in [5.41, 5.74) is 3.48. The van der Waals surface area contributed by atoms with Crippen molar-refractivity contribution in [3.63, 3.8) is 0 Å². The van der Waals surface area contributed by atoms with Crippen LogP contribution in [0.15, 0.2) is 41.4 Å². The third kappa shape index (κ3) is 5.39. The van der Waals surface area contributed by atoms with Crippen molar-refractivity contribution >= 4 is 23.4 Å². The lowest BCUT2D eigenvalue weighted by Gasteiger charge is -2.07. The molecule has 1 heterocycles. The largest absolute Gasteiger partial charge is 0.326 e. The summed E-state index contributed by atoms with van der Waals surface area (Å²) in [5, 5.41) is 12.8. The number of aromatic nitrogens is 1. The summed E-state index contributed by atoms with van der Waals surface area (Å²) in [6, 6.07) is 13.6. The molecule has 0 saturated carbocycles. The maximum absolute atomic E-state index is 12.0. The first-order valence-electron chi connectivity index (χ1n) is 8.01. The second-order valence-electron chi connectivity index (χ2n) is 5.53. The fourth-order valence-electron chi connectivity index (χ4n) is 2.26. The Labute approximate surface area is 147 Å². The molecule has 0 aliphatic rings. The second-order valence-corrected chi connectivity index (χ2v) is 6.62. The third-order valence-corrected chi connectivity index (χ3v) is 4.41. The SMILES string of the molecule is CCCc1ccc(C#N)c(SCCC(=O)Nc2cccc(C)c2)n1. The maximum atomic E-state index is 12.0. The van der Waals surface area contributed by atoms with Gasteiger partial charge in [0.2, 0.25) is 5.91 Å². The van der Waals surface area contributed by atoms with Gasteiger partial charge in [0.25, 0.3) is 0 Å². The third-order valence-electron chi connectivity index (χ3n) is 3.41. The molecule has 0 unspecified atom stereocenters. The average Bonchev–Trinajstić information content (AvgIpc) is 2.55. The summed E-state index contributed by atoms with van der Waals surface area (Å²) in [6.45, 7) is 4.09. The summed E-state index contributed by atoms with van der Waals surface area (Å²) < 4.78 is 0. The van der Waals surface area contributed by atoms with Crippen LogP contribution in [0.2, 0.25) is 0 Å². The zero-order chi connectivity index (χ0) is 17.4. The number of anilines is 1. The van der Waals surface area contributed by atoms with E-state index in [0.29, 0.717) is 22.8 Å². The van der Waals surface area contributed by atoms with Crippen molar-refractivity contribution in [3.05, 3.63) is 53.2 Å². The van der Waals surface area contributed by atoms with Gasteiger partial charge in [0.05, 0.1) is 5.56 Å². The highest BCUT2D eigenvalue weighted by Gasteiger charge is 2.08. The van der Waals surface area contributed by atoms with Crippen molar-refractivity contribution in [1.29, 1.82) is 5.26 Å². The van der Waals surface area contributed by atoms with E-state index >= 15 is 0 Å². The zero-order valence-corrected chi connectivity index (χ0v) is 14.8. The van der Waals surface area contributed by atoms with Gasteiger partial charge in [0.1, 0.15) is 11.1 Å². The summed E-state index contributed by atoms with van der Waals surface area (Å²) in [6.07, 6.45) is 2.29. The molecule has 5 heteroatoms. The summed E-state index contributed by atoms with van der Waals surface area (Å²) in [5.74, 6) is 0.561. The lowest BCUT2D eigenvalue weighted by atomic mass is 10.2. The molecule has 124 valence electrons. The molecule has 0 bridgehead atoms. The molecule has 0 atom stereocenters. The predicted octanol–water partition coefficient (Wildman–Crippen LogP) is 4.34. The van der Waals surface area contributed by atoms with E-state index in [1.807, 2.05) is 43.3 Å². The summed E-state index contributed by atoms with van der Waals surface area (Å²) in [4.78, 5) is 16.6. The van der Waals surface area contributed by atoms with E-state index < -0.39 is 0 Å². The molecular formula is C19H21N3OS. The molecule has 1 N–H and O–H groups in total. The highest BCUT2D eigenvalue weighted by molar-refractivity contribution is 7.99. The summed E-state index contributed by atoms with van der Waals surface area (Å²) in [7, 11) is 0. The number of hydrogen-bond acceptors (Lipinski definition) is 4. The molecule has 2 aromatic rings. The highest BCUT2D eigenvalue weighted by atomic mass is 32.2. The number of pyridine rings is 1. The number of thioether (sulfide) groups is 1. The Morgan fingerprint density at radius 3 is 2.88 bits per heavy atom. The lowest BCUT2D eigenvalue weighted by Crippen LogP contribution is -2.12. The molecule has 0 aliphatic carbocycles. The van der Waals surface area contributed by atoms with Gasteiger partial charge in [-0.05, 0) is 43.2 Å². The molecule has 0 saturated heterocycles. The first-order chi connectivity index (χ1) is 11.6. The van der Waals surface area contributed by atoms with E-state index in [1.165, 1.54) is 11.8 Å². The second kappa shape index (κ2) is 9.09. The quantitative estimate of drug-likeness (QED) is 0.762. The molecule has 1 aromatic carbocycles. The van der Waals surface area contributed by atoms with Gasteiger partial charge < -0.3 is 5.32 Å². The molecule has 0 fully saturated rings. The number of aryl methyl sites for hydroxylation is 2. The fourth-order valence-corrected chi connectivity index (χ4v) is 3.19. The van der Waals surface area contributed by atoms with Crippen LogP contribution in [0.5, 0.6) is 0 Å². The van der Waals surface area contributed by atoms with Crippen LogP contribution in [0, 0.1) is 18.3 Å². The van der Waals surface area contributed by atoms with Crippen LogP contribution in [0.25, 0.3) is 0 Å². The van der Waals surface area contributed by atoms with Crippen molar-refractivity contribution in [1.82, 2.24) is 4.98 Å². The Balaban J connectivity index is 1.90. The van der Waals surface area contributed by atoms with Gasteiger partial charge in [-0.3, -0.25) is 4.79 Å². The highest BCUT2D eigenvalue weighted by Crippen LogP contribution is 2.22. The number of rotatable bonds is 7. The number of amides is 1. The molecular weight excluding hydrogens is 318 g/mol. The molecule has 0 aliphatic heterocycles. The van der Waals surface area contributed by atoms with Gasteiger partial charge in [0.15, 0.2) is 0 Å². The standard InChI is InChI=1S/C19H21N3OS/c1-3-5-16-9-8-15(13-20)19(22-16)24-11-10-18(23)21-17-7-4-6-14(2)12-17/h4,6-9,12H,3,5,10-11H2,1-2H3,(H,21,23). The fraction of sp³-hybridized carbons (Fsp3) is 0.316. The topological polar surface area (TPSA) is 65.8 Å². The van der Waals surface area contributed by atoms with Crippen LogP contribution in [0.4, 0.5) is 5.69 Å². The number of nitriles is 1. The average molecular weight is 339 g/mol. The summed E-state index contributed by atoms with van der Waals surface area (Å²) >= 11 is 1.46. The Morgan fingerprint density at radius 2 is 2.17 bits per heavy atom. The number of nitrogens with one attached hydrogen (secondary N) is 1. The smallest absolute Gasteiger partial charge is 0.225 e. The van der Waals surface area contributed by atoms with Crippen molar-refractivity contribution in [2.45, 2.75) is 38.1 Å². The van der Waals surface area contributed by atoms with Crippen LogP contribution in [0.1, 0.15) is 36.6 Å². The molecule has 1 aromatic heterocycles. The van der Waals surface area contributed by atoms with Crippen molar-refractivity contribution in [2.75, 3.05) is 11.1 Å². The number of carbonyl (C=O) groups excluding carboxylic acids is 1. The lowest BCUT2D eigenvalue weighted by molar-refractivity contribution is -0.115. The number of nitrogens with zero attached hydrogens (tertiary/aromatic N) is 2. The van der Waals surface area contributed by atoms with Gasteiger partial charge in [-0.15, -0.1) is 11.8 Å². The van der Waals surface area contributed by atoms with Gasteiger partial charge in [-0.2, -0.15) is 5.26 Å². The predicted molar refractivity (Wildman–Crippen MR) is 98.1 cm³/mol. The molecule has 24 heavy (non-hydrogen) atoms. The number of hydrogen-bond donors (Lipinski definition) is 1. The van der Waals surface area contributed by atoms with Gasteiger partial charge in [0, 0.05) is 23.6 Å². The van der Waals surface area contributed by atoms with Crippen molar-refractivity contribution in [3.8, 4) is 6.07 Å². The zero-order valence-electron chi connectivity index (χ0n) is 14.0. The molecule has 4 nitrogen and oxygen atoms in total. The van der Waals surface area contributed by atoms with Crippen molar-refractivity contribution < 1.29 is 4.79 Å². The Kier molecular flexibility index (Phi) is 6.83. The van der Waals surface area contributed by atoms with E-state index in [-0.39, 0.29) is 5.91 Å². The van der Waals surface area contributed by atoms with E-state index in [9.17, 15) is 10.1 Å². The first-order valence-corrected chi connectivity index (χ1v) is 9.00. The Morgan fingerprint density at radius 1 is 1.33 bits per heavy atom. The van der Waals surface area contributed by atoms with E-state index in [2.05, 4.69) is 23.3 Å². The van der Waals surface area contributed by atoms with Crippen LogP contribution in [-0.4, -0.2) is 16.6 Å². The van der Waals surface area contributed by atoms with Gasteiger partial charge in [-0.1, -0.05) is 25.5 Å². The Bertz CT molecular complexity index is 753. The van der Waals surface area contributed by atoms with Crippen molar-refractivity contribution in [2.24, 2.45) is 0 Å². The number of carbonyl (C=O) groups is 1. The molecule has 2 rings (SSSR count). The normalized spacial score (nSPS) is 10.2. The van der Waals surface area contributed by atoms with E-state index in [0.717, 1.165) is 29.8 Å². The first kappa shape index (κ1) is 18.0. The Hall–Kier alpha value is -2.32. The maximum Gasteiger partial charge on any atom is 0.225 e. The van der Waals surface area contributed by atoms with Gasteiger partial charge >= 0.3 is 0 Å². The molecule has 1 amide bonds. The van der Waals surface area contributed by atoms with E-state index in [4.69, 9.17) is 0 Å². The van der Waals surface area contributed by atoms with Crippen LogP contribution < -0.4 is 5.32 Å². The minimum Gasteiger partial charge on any atom is -0.326 e. The molecule has 0 spiro atoms. The minimum absolute atomic E-state index is 0.0312. The van der Waals surface area contributed by atoms with Crippen LogP contribution in [0.3, 0.4) is 0 Å². The van der Waals surface area contributed by atoms with Crippen LogP contribution >= 0.6 is 11.8 Å². The minimum atomic E-state index is -0.0312. The van der Waals surface area contributed by atoms with E-state index in [1.54, 1.807) is 0 Å². The van der Waals surface area contributed by atoms with Gasteiger partial charge in [-0.25, -0.2) is 4.98 Å². The van der Waals surface area contributed by atoms with Crippen LogP contribution in [-0.2, 0) is 11.2 Å². The monoisotopic (exact) mass is 339 g/mol. The molecule has 0 radical (unpaired) electrons. The number of benzene rings is 1.